The molecule has 88 valence electrons. The highest BCUT2D eigenvalue weighted by atomic mass is 127. The van der Waals surface area contributed by atoms with Crippen LogP contribution in [0.15, 0.2) is 18.2 Å². The second-order valence-electron chi connectivity index (χ2n) is 4.72. The van der Waals surface area contributed by atoms with E-state index >= 15 is 0 Å². The lowest BCUT2D eigenvalue weighted by molar-refractivity contribution is 0.411. The molecule has 1 aliphatic rings. The summed E-state index contributed by atoms with van der Waals surface area (Å²) in [6.07, 6.45) is 4.71. The minimum Gasteiger partial charge on any atom is -0.382 e. The number of nitrogens with two attached hydrogens (primary N) is 1. The predicted octanol–water partition coefficient (Wildman–Crippen LogP) is 3.28. The van der Waals surface area contributed by atoms with Gasteiger partial charge in [-0.25, -0.2) is 0 Å². The normalized spacial score (nSPS) is 25.4. The van der Waals surface area contributed by atoms with Gasteiger partial charge in [0, 0.05) is 21.3 Å². The highest BCUT2D eigenvalue weighted by Crippen LogP contribution is 2.24. The van der Waals surface area contributed by atoms with Gasteiger partial charge in [0.2, 0.25) is 0 Å². The van der Waals surface area contributed by atoms with Crippen molar-refractivity contribution in [3.05, 3.63) is 27.3 Å². The van der Waals surface area contributed by atoms with Crippen molar-refractivity contribution in [1.82, 2.24) is 0 Å². The van der Waals surface area contributed by atoms with E-state index in [2.05, 4.69) is 53.0 Å². The molecule has 0 aliphatic heterocycles. The zero-order chi connectivity index (χ0) is 11.5. The molecule has 0 heterocycles. The fourth-order valence-electron chi connectivity index (χ4n) is 2.27. The monoisotopic (exact) mass is 330 g/mol. The lowest BCUT2D eigenvalue weighted by Gasteiger charge is -2.28. The molecule has 0 atom stereocenters. The fraction of sp³-hybridized carbons (Fsp3) is 0.538. The maximum Gasteiger partial charge on any atom is 0.0372 e. The molecule has 2 nitrogen and oxygen atoms in total. The van der Waals surface area contributed by atoms with Gasteiger partial charge < -0.3 is 11.1 Å². The van der Waals surface area contributed by atoms with Crippen molar-refractivity contribution in [1.29, 1.82) is 0 Å². The first-order valence-corrected chi connectivity index (χ1v) is 7.01. The van der Waals surface area contributed by atoms with Crippen molar-refractivity contribution >= 4 is 28.3 Å². The largest absolute Gasteiger partial charge is 0.382 e. The molecule has 0 spiro atoms. The first-order valence-electron chi connectivity index (χ1n) is 5.93. The van der Waals surface area contributed by atoms with Crippen LogP contribution >= 0.6 is 22.6 Å². The van der Waals surface area contributed by atoms with Gasteiger partial charge in [-0.1, -0.05) is 0 Å². The van der Waals surface area contributed by atoms with Crippen molar-refractivity contribution in [3.63, 3.8) is 0 Å². The molecule has 0 saturated heterocycles. The summed E-state index contributed by atoms with van der Waals surface area (Å²) in [6, 6.07) is 7.60. The molecule has 2 rings (SSSR count). The van der Waals surface area contributed by atoms with Gasteiger partial charge in [0.25, 0.3) is 0 Å². The quantitative estimate of drug-likeness (QED) is 0.817. The van der Waals surface area contributed by atoms with Gasteiger partial charge in [0.1, 0.15) is 0 Å². The Bertz CT molecular complexity index is 357. The Morgan fingerprint density at radius 1 is 1.25 bits per heavy atom. The van der Waals surface area contributed by atoms with Gasteiger partial charge in [0.15, 0.2) is 0 Å². The van der Waals surface area contributed by atoms with E-state index in [4.69, 9.17) is 5.73 Å². The van der Waals surface area contributed by atoms with E-state index in [9.17, 15) is 0 Å². The highest BCUT2D eigenvalue weighted by molar-refractivity contribution is 14.1. The van der Waals surface area contributed by atoms with E-state index in [0.717, 1.165) is 12.8 Å². The molecule has 0 aromatic heterocycles. The van der Waals surface area contributed by atoms with Crippen LogP contribution in [0.4, 0.5) is 5.69 Å². The van der Waals surface area contributed by atoms with Crippen molar-refractivity contribution in [3.8, 4) is 0 Å². The van der Waals surface area contributed by atoms with E-state index < -0.39 is 0 Å². The average molecular weight is 330 g/mol. The van der Waals surface area contributed by atoms with E-state index in [1.807, 2.05) is 0 Å². The van der Waals surface area contributed by atoms with Crippen molar-refractivity contribution in [2.75, 3.05) is 5.32 Å². The topological polar surface area (TPSA) is 38.0 Å². The second-order valence-corrected chi connectivity index (χ2v) is 5.96. The first kappa shape index (κ1) is 12.2. The first-order chi connectivity index (χ1) is 7.65. The molecule has 0 amide bonds. The molecule has 3 N–H and O–H groups in total. The molecular weight excluding hydrogens is 311 g/mol. The number of hydrogen-bond donors (Lipinski definition) is 2. The van der Waals surface area contributed by atoms with Crippen LogP contribution in [0.1, 0.15) is 31.2 Å². The Balaban J connectivity index is 1.98. The van der Waals surface area contributed by atoms with Gasteiger partial charge in [-0.2, -0.15) is 0 Å². The van der Waals surface area contributed by atoms with E-state index in [1.54, 1.807) is 0 Å². The van der Waals surface area contributed by atoms with Crippen LogP contribution in [-0.4, -0.2) is 12.1 Å². The molecular formula is C13H19IN2. The molecule has 1 aromatic carbocycles. The number of aryl methyl sites for hydroxylation is 1. The maximum absolute atomic E-state index is 5.91. The van der Waals surface area contributed by atoms with Gasteiger partial charge in [0.05, 0.1) is 0 Å². The van der Waals surface area contributed by atoms with Crippen molar-refractivity contribution in [2.45, 2.75) is 44.7 Å². The molecule has 0 unspecified atom stereocenters. The lowest BCUT2D eigenvalue weighted by Crippen LogP contribution is -2.32. The SMILES string of the molecule is Cc1cc(I)ccc1NC1CCC(N)CC1. The minimum absolute atomic E-state index is 0.427. The molecule has 3 heteroatoms. The summed E-state index contributed by atoms with van der Waals surface area (Å²) in [7, 11) is 0. The minimum atomic E-state index is 0.427. The van der Waals surface area contributed by atoms with Gasteiger partial charge in [-0.15, -0.1) is 0 Å². The average Bonchev–Trinajstić information content (AvgIpc) is 2.25. The van der Waals surface area contributed by atoms with E-state index in [0.29, 0.717) is 12.1 Å². The molecule has 1 aromatic rings. The van der Waals surface area contributed by atoms with Crippen LogP contribution in [0.5, 0.6) is 0 Å². The zero-order valence-electron chi connectivity index (χ0n) is 9.67. The molecule has 0 radical (unpaired) electrons. The third-order valence-corrected chi connectivity index (χ3v) is 3.99. The Kier molecular flexibility index (Phi) is 4.08. The Labute approximate surface area is 111 Å². The second kappa shape index (κ2) is 5.36. The number of benzene rings is 1. The molecule has 1 aliphatic carbocycles. The third kappa shape index (κ3) is 3.10. The van der Waals surface area contributed by atoms with Crippen molar-refractivity contribution < 1.29 is 0 Å². The summed E-state index contributed by atoms with van der Waals surface area (Å²) in [6.45, 7) is 2.17. The Morgan fingerprint density at radius 2 is 1.94 bits per heavy atom. The van der Waals surface area contributed by atoms with Gasteiger partial charge >= 0.3 is 0 Å². The Morgan fingerprint density at radius 3 is 2.56 bits per heavy atom. The fourth-order valence-corrected chi connectivity index (χ4v) is 2.92. The van der Waals surface area contributed by atoms with Gasteiger partial charge in [-0.05, 0) is 79.0 Å². The predicted molar refractivity (Wildman–Crippen MR) is 77.8 cm³/mol. The van der Waals surface area contributed by atoms with Crippen LogP contribution in [0, 0.1) is 10.5 Å². The molecule has 0 bridgehead atoms. The Hall–Kier alpha value is -0.290. The highest BCUT2D eigenvalue weighted by Gasteiger charge is 2.18. The number of rotatable bonds is 2. The lowest BCUT2D eigenvalue weighted by atomic mass is 9.91. The summed E-state index contributed by atoms with van der Waals surface area (Å²) in [4.78, 5) is 0. The van der Waals surface area contributed by atoms with Crippen LogP contribution in [0.3, 0.4) is 0 Å². The number of hydrogen-bond acceptors (Lipinski definition) is 2. The standard InChI is InChI=1S/C13H19IN2/c1-9-8-10(14)2-7-13(9)16-12-5-3-11(15)4-6-12/h2,7-8,11-12,16H,3-6,15H2,1H3. The number of anilines is 1. The summed E-state index contributed by atoms with van der Waals surface area (Å²) in [5.41, 5.74) is 8.52. The molecule has 16 heavy (non-hydrogen) atoms. The van der Waals surface area contributed by atoms with Crippen LogP contribution in [0.25, 0.3) is 0 Å². The summed E-state index contributed by atoms with van der Waals surface area (Å²) in [5.74, 6) is 0. The van der Waals surface area contributed by atoms with Gasteiger partial charge in [-0.3, -0.25) is 0 Å². The van der Waals surface area contributed by atoms with Crippen LogP contribution < -0.4 is 11.1 Å². The maximum atomic E-state index is 5.91. The third-order valence-electron chi connectivity index (χ3n) is 3.32. The molecule has 1 fully saturated rings. The molecule has 1 saturated carbocycles. The van der Waals surface area contributed by atoms with Crippen molar-refractivity contribution in [2.24, 2.45) is 5.73 Å². The van der Waals surface area contributed by atoms with E-state index in [-0.39, 0.29) is 0 Å². The smallest absolute Gasteiger partial charge is 0.0372 e. The summed E-state index contributed by atoms with van der Waals surface area (Å²) >= 11 is 2.35. The zero-order valence-corrected chi connectivity index (χ0v) is 11.8. The van der Waals surface area contributed by atoms with E-state index in [1.165, 1.54) is 27.7 Å². The summed E-state index contributed by atoms with van der Waals surface area (Å²) in [5, 5.41) is 3.64. The van der Waals surface area contributed by atoms with Crippen LogP contribution in [0.2, 0.25) is 0 Å². The summed E-state index contributed by atoms with van der Waals surface area (Å²) < 4.78 is 1.30. The number of halogens is 1. The number of nitrogens with one attached hydrogen (secondary N) is 1. The van der Waals surface area contributed by atoms with Crippen LogP contribution in [-0.2, 0) is 0 Å².